The Hall–Kier alpha value is -1.17. The summed E-state index contributed by atoms with van der Waals surface area (Å²) in [5.41, 5.74) is 3.07. The average molecular weight is 447 g/mol. The fourth-order valence-electron chi connectivity index (χ4n) is 2.81. The summed E-state index contributed by atoms with van der Waals surface area (Å²) in [5.74, 6) is -0.700. The van der Waals surface area contributed by atoms with Crippen LogP contribution in [0.15, 0.2) is 0 Å². The highest BCUT2D eigenvalue weighted by atomic mass is 32.1. The molecule has 0 aromatic heterocycles. The first-order chi connectivity index (χ1) is 14.0. The third-order valence-corrected chi connectivity index (χ3v) is 5.09. The Labute approximate surface area is 185 Å². The Morgan fingerprint density at radius 3 is 1.37 bits per heavy atom. The van der Waals surface area contributed by atoms with Gasteiger partial charge in [-0.3, -0.25) is 0 Å². The van der Waals surface area contributed by atoms with E-state index < -0.39 is 24.2 Å². The van der Waals surface area contributed by atoms with Crippen molar-refractivity contribution in [3.8, 4) is 0 Å². The van der Waals surface area contributed by atoms with E-state index in [1.165, 1.54) is 15.4 Å². The highest BCUT2D eigenvalue weighted by molar-refractivity contribution is 7.75. The molecule has 0 unspecified atom stereocenters. The normalized spacial score (nSPS) is 16.5. The number of carbonyl (C=O) groups is 4. The summed E-state index contributed by atoms with van der Waals surface area (Å²) in [6.07, 6.45) is 2.89. The number of hydrogen-bond donors (Lipinski definition) is 2. The Morgan fingerprint density at radius 2 is 1.10 bits per heavy atom. The first-order valence-corrected chi connectivity index (χ1v) is 10.6. The molecule has 0 heterocycles. The molecular weight excluding hydrogens is 408 g/mol. The molecule has 0 saturated heterocycles. The molecule has 0 aliphatic heterocycles. The van der Waals surface area contributed by atoms with Gasteiger partial charge in [-0.1, -0.05) is 60.6 Å². The van der Waals surface area contributed by atoms with Crippen molar-refractivity contribution in [2.75, 3.05) is 0 Å². The number of hydrogen-bond acceptors (Lipinski definition) is 10. The number of nitrogens with one attached hydrogen (secondary N) is 1. The topological polar surface area (TPSA) is 99.3 Å². The predicted octanol–water partition coefficient (Wildman–Crippen LogP) is 1.90. The van der Waals surface area contributed by atoms with Crippen molar-refractivity contribution >= 4 is 38.1 Å². The molecule has 0 amide bonds. The van der Waals surface area contributed by atoms with Gasteiger partial charge in [-0.25, -0.2) is 9.71 Å². The van der Waals surface area contributed by atoms with Crippen LogP contribution < -0.4 is 5.43 Å². The Morgan fingerprint density at radius 1 is 0.667 bits per heavy atom. The van der Waals surface area contributed by atoms with Crippen LogP contribution in [0.5, 0.6) is 0 Å². The van der Waals surface area contributed by atoms with E-state index in [2.05, 4.69) is 18.3 Å². The number of hydroxylamine groups is 1. The molecule has 1 N–H and O–H groups in total. The van der Waals surface area contributed by atoms with Gasteiger partial charge in [0.05, 0.1) is 12.1 Å². The molecule has 9 nitrogen and oxygen atoms in total. The van der Waals surface area contributed by atoms with Crippen molar-refractivity contribution in [3.63, 3.8) is 0 Å². The van der Waals surface area contributed by atoms with Gasteiger partial charge in [-0.2, -0.15) is 5.12 Å². The largest absolute Gasteiger partial charge is 0.302 e. The minimum Gasteiger partial charge on any atom is -0.302 e. The zero-order valence-corrected chi connectivity index (χ0v) is 20.2. The van der Waals surface area contributed by atoms with Crippen molar-refractivity contribution in [2.24, 2.45) is 23.7 Å². The van der Waals surface area contributed by atoms with Crippen molar-refractivity contribution in [1.82, 2.24) is 20.8 Å². The second-order valence-electron chi connectivity index (χ2n) is 8.70. The molecule has 0 radical (unpaired) electrons. The number of aldehydes is 4. The van der Waals surface area contributed by atoms with E-state index in [1.54, 1.807) is 0 Å². The molecule has 0 fully saturated rings. The summed E-state index contributed by atoms with van der Waals surface area (Å²) in [4.78, 5) is 47.8. The van der Waals surface area contributed by atoms with Gasteiger partial charge < -0.3 is 19.2 Å². The van der Waals surface area contributed by atoms with E-state index in [9.17, 15) is 19.2 Å². The van der Waals surface area contributed by atoms with Crippen LogP contribution in [0, 0.1) is 23.7 Å². The van der Waals surface area contributed by atoms with E-state index in [4.69, 9.17) is 4.28 Å². The highest BCUT2D eigenvalue weighted by Gasteiger charge is 2.42. The van der Waals surface area contributed by atoms with Crippen LogP contribution in [0.25, 0.3) is 0 Å². The van der Waals surface area contributed by atoms with E-state index in [1.807, 2.05) is 55.4 Å². The second kappa shape index (κ2) is 14.0. The van der Waals surface area contributed by atoms with Gasteiger partial charge in [-0.15, -0.1) is 5.12 Å². The summed E-state index contributed by atoms with van der Waals surface area (Å²) in [6, 6.07) is -3.03. The summed E-state index contributed by atoms with van der Waals surface area (Å²) in [6.45, 7) is 14.7. The standard InChI is InChI=1S/C20H38N4O5S/c1-13(2)17(9-25)21-22(18(10-26)14(3)4)23(19(11-27)15(5)6)24(29-30)20(12-28)16(7)8/h9-21,30H,1-8H3/t17-,18-,19-,20-/m1/s1. The van der Waals surface area contributed by atoms with Crippen LogP contribution in [0.2, 0.25) is 0 Å². The molecule has 4 atom stereocenters. The Bertz CT molecular complexity index is 547. The van der Waals surface area contributed by atoms with E-state index in [-0.39, 0.29) is 23.7 Å². The molecule has 0 aliphatic carbocycles. The van der Waals surface area contributed by atoms with E-state index in [0.717, 1.165) is 18.9 Å². The van der Waals surface area contributed by atoms with Gasteiger partial charge in [0.2, 0.25) is 0 Å². The lowest BCUT2D eigenvalue weighted by Crippen LogP contribution is -2.71. The molecule has 0 saturated carbocycles. The molecule has 0 spiro atoms. The van der Waals surface area contributed by atoms with Crippen LogP contribution in [0.3, 0.4) is 0 Å². The fourth-order valence-corrected chi connectivity index (χ4v) is 2.99. The van der Waals surface area contributed by atoms with Crippen molar-refractivity contribution in [1.29, 1.82) is 0 Å². The lowest BCUT2D eigenvalue weighted by atomic mass is 10.0. The maximum Gasteiger partial charge on any atom is 0.141 e. The van der Waals surface area contributed by atoms with Crippen LogP contribution in [-0.4, -0.2) is 64.7 Å². The van der Waals surface area contributed by atoms with Crippen molar-refractivity contribution in [2.45, 2.75) is 79.6 Å². The summed E-state index contributed by atoms with van der Waals surface area (Å²) < 4.78 is 5.27. The molecule has 0 aliphatic rings. The molecule has 174 valence electrons. The highest BCUT2D eigenvalue weighted by Crippen LogP contribution is 2.24. The lowest BCUT2D eigenvalue weighted by Gasteiger charge is -2.49. The molecule has 0 aromatic rings. The van der Waals surface area contributed by atoms with Gasteiger partial charge in [0.25, 0.3) is 0 Å². The number of rotatable bonds is 16. The van der Waals surface area contributed by atoms with E-state index in [0.29, 0.717) is 6.29 Å². The van der Waals surface area contributed by atoms with Gasteiger partial charge in [-0.05, 0) is 23.7 Å². The zero-order valence-electron chi connectivity index (χ0n) is 19.3. The quantitative estimate of drug-likeness (QED) is 0.159. The molecule has 0 bridgehead atoms. The van der Waals surface area contributed by atoms with Crippen LogP contribution >= 0.6 is 12.9 Å². The Balaban J connectivity index is 6.75. The lowest BCUT2D eigenvalue weighted by molar-refractivity contribution is -0.353. The van der Waals surface area contributed by atoms with Crippen molar-refractivity contribution in [3.05, 3.63) is 0 Å². The average Bonchev–Trinajstić information content (AvgIpc) is 2.66. The van der Waals surface area contributed by atoms with Gasteiger partial charge in [0.15, 0.2) is 0 Å². The summed E-state index contributed by atoms with van der Waals surface area (Å²) in [7, 11) is 0. The first-order valence-electron chi connectivity index (χ1n) is 10.3. The molecule has 0 aromatic carbocycles. The summed E-state index contributed by atoms with van der Waals surface area (Å²) >= 11 is 3.94. The van der Waals surface area contributed by atoms with Crippen molar-refractivity contribution < 1.29 is 23.5 Å². The van der Waals surface area contributed by atoms with Crippen LogP contribution in [-0.2, 0) is 23.5 Å². The molecule has 30 heavy (non-hydrogen) atoms. The third kappa shape index (κ3) is 7.51. The van der Waals surface area contributed by atoms with Crippen LogP contribution in [0.1, 0.15) is 55.4 Å². The second-order valence-corrected chi connectivity index (χ2v) is 8.86. The Kier molecular flexibility index (Phi) is 13.5. The van der Waals surface area contributed by atoms with Gasteiger partial charge in [0.1, 0.15) is 37.2 Å². The SMILES string of the molecule is CC(C)[C@@H](C=O)N(N[C@H](C=O)C(C)C)N([C@H](C=O)C(C)C)N(OS)[C@H](C=O)C(C)C. The predicted molar refractivity (Wildman–Crippen MR) is 117 cm³/mol. The van der Waals surface area contributed by atoms with Gasteiger partial charge >= 0.3 is 0 Å². The maximum absolute atomic E-state index is 12.1. The monoisotopic (exact) mass is 446 g/mol. The summed E-state index contributed by atoms with van der Waals surface area (Å²) in [5, 5.41) is 3.99. The van der Waals surface area contributed by atoms with Gasteiger partial charge in [0, 0.05) is 12.9 Å². The fraction of sp³-hybridized carbons (Fsp3) is 0.800. The number of nitrogens with zero attached hydrogens (tertiary/aromatic N) is 3. The number of hydrazine groups is 3. The van der Waals surface area contributed by atoms with E-state index >= 15 is 0 Å². The minimum absolute atomic E-state index is 0.0996. The molecular formula is C20H38N4O5S. The van der Waals surface area contributed by atoms with Crippen LogP contribution in [0.4, 0.5) is 0 Å². The third-order valence-electron chi connectivity index (χ3n) is 4.92. The zero-order chi connectivity index (χ0) is 23.6. The minimum atomic E-state index is -0.813. The molecule has 0 rings (SSSR count). The number of thiol groups is 1. The smallest absolute Gasteiger partial charge is 0.141 e. The number of carbonyl (C=O) groups excluding carboxylic acids is 4. The maximum atomic E-state index is 12.1. The first kappa shape index (κ1) is 28.8. The molecule has 10 heteroatoms.